The highest BCUT2D eigenvalue weighted by Gasteiger charge is 2.34. The van der Waals surface area contributed by atoms with E-state index >= 15 is 0 Å². The first-order valence-corrected chi connectivity index (χ1v) is 9.13. The van der Waals surface area contributed by atoms with Gasteiger partial charge in [-0.05, 0) is 37.3 Å². The maximum Gasteiger partial charge on any atom is 0.220 e. The number of aryl methyl sites for hydroxylation is 2. The molecule has 2 aromatic rings. The molecule has 1 fully saturated rings. The van der Waals surface area contributed by atoms with Crippen LogP contribution in [0.2, 0.25) is 0 Å². The largest absolute Gasteiger partial charge is 0.381 e. The average Bonchev–Trinajstić information content (AvgIpc) is 2.67. The molecule has 1 amide bonds. The number of rotatable bonds is 6. The van der Waals surface area contributed by atoms with Gasteiger partial charge in [-0.25, -0.2) is 0 Å². The number of hydrogen-bond donors (Lipinski definition) is 1. The summed E-state index contributed by atoms with van der Waals surface area (Å²) in [5, 5.41) is 3.18. The van der Waals surface area contributed by atoms with Crippen LogP contribution in [-0.4, -0.2) is 25.7 Å². The molecular formula is C22H27NO2. The lowest BCUT2D eigenvalue weighted by molar-refractivity contribution is -0.121. The maximum absolute atomic E-state index is 12.4. The second-order valence-electron chi connectivity index (χ2n) is 7.02. The van der Waals surface area contributed by atoms with Crippen LogP contribution in [0.25, 0.3) is 0 Å². The molecule has 3 rings (SSSR count). The monoisotopic (exact) mass is 337 g/mol. The summed E-state index contributed by atoms with van der Waals surface area (Å²) < 4.78 is 5.56. The molecule has 0 bridgehead atoms. The Labute approximate surface area is 150 Å². The van der Waals surface area contributed by atoms with Crippen LogP contribution in [0.3, 0.4) is 0 Å². The van der Waals surface area contributed by atoms with E-state index in [1.165, 1.54) is 16.7 Å². The number of carbonyl (C=O) groups excluding carboxylic acids is 1. The third-order valence-corrected chi connectivity index (χ3v) is 5.22. The van der Waals surface area contributed by atoms with Crippen LogP contribution in [-0.2, 0) is 21.4 Å². The molecule has 25 heavy (non-hydrogen) atoms. The summed E-state index contributed by atoms with van der Waals surface area (Å²) >= 11 is 0. The second-order valence-corrected chi connectivity index (χ2v) is 7.02. The summed E-state index contributed by atoms with van der Waals surface area (Å²) in [7, 11) is 0. The van der Waals surface area contributed by atoms with E-state index in [0.29, 0.717) is 13.0 Å². The van der Waals surface area contributed by atoms with Crippen LogP contribution in [0.5, 0.6) is 0 Å². The van der Waals surface area contributed by atoms with E-state index in [1.54, 1.807) is 0 Å². The molecule has 1 N–H and O–H groups in total. The summed E-state index contributed by atoms with van der Waals surface area (Å²) in [6.07, 6.45) is 3.22. The molecule has 1 aliphatic heterocycles. The zero-order valence-corrected chi connectivity index (χ0v) is 15.0. The first-order chi connectivity index (χ1) is 12.2. The number of amides is 1. The second kappa shape index (κ2) is 8.30. The smallest absolute Gasteiger partial charge is 0.220 e. The van der Waals surface area contributed by atoms with Gasteiger partial charge in [0.05, 0.1) is 0 Å². The van der Waals surface area contributed by atoms with Gasteiger partial charge in [-0.15, -0.1) is 0 Å². The summed E-state index contributed by atoms with van der Waals surface area (Å²) in [5.74, 6) is 0.127. The van der Waals surface area contributed by atoms with Crippen LogP contribution < -0.4 is 5.32 Å². The highest BCUT2D eigenvalue weighted by molar-refractivity contribution is 5.76. The molecule has 0 unspecified atom stereocenters. The first-order valence-electron chi connectivity index (χ1n) is 9.13. The average molecular weight is 337 g/mol. The molecular weight excluding hydrogens is 310 g/mol. The van der Waals surface area contributed by atoms with Gasteiger partial charge in [-0.1, -0.05) is 60.2 Å². The minimum Gasteiger partial charge on any atom is -0.381 e. The quantitative estimate of drug-likeness (QED) is 0.871. The molecule has 0 aliphatic carbocycles. The van der Waals surface area contributed by atoms with Crippen LogP contribution >= 0.6 is 0 Å². The summed E-state index contributed by atoms with van der Waals surface area (Å²) in [5.41, 5.74) is 3.76. The van der Waals surface area contributed by atoms with Gasteiger partial charge in [0.15, 0.2) is 0 Å². The third kappa shape index (κ3) is 4.70. The fourth-order valence-electron chi connectivity index (χ4n) is 3.49. The van der Waals surface area contributed by atoms with E-state index in [-0.39, 0.29) is 11.3 Å². The molecule has 1 saturated heterocycles. The van der Waals surface area contributed by atoms with E-state index in [9.17, 15) is 4.79 Å². The van der Waals surface area contributed by atoms with Gasteiger partial charge < -0.3 is 10.1 Å². The molecule has 0 spiro atoms. The van der Waals surface area contributed by atoms with Crippen molar-refractivity contribution >= 4 is 5.91 Å². The molecule has 0 radical (unpaired) electrons. The van der Waals surface area contributed by atoms with Gasteiger partial charge >= 0.3 is 0 Å². The van der Waals surface area contributed by atoms with Crippen molar-refractivity contribution in [3.63, 3.8) is 0 Å². The molecule has 1 heterocycles. The molecule has 3 heteroatoms. The predicted molar refractivity (Wildman–Crippen MR) is 101 cm³/mol. The lowest BCUT2D eigenvalue weighted by atomic mass is 9.74. The molecule has 1 aliphatic rings. The Morgan fingerprint density at radius 2 is 1.72 bits per heavy atom. The standard InChI is InChI=1S/C22H27NO2/c1-18-7-9-19(10-8-18)11-12-21(24)23-17-22(13-15-25-16-14-22)20-5-3-2-4-6-20/h2-10H,11-17H2,1H3,(H,23,24). The van der Waals surface area contributed by atoms with E-state index in [1.807, 2.05) is 6.07 Å². The van der Waals surface area contributed by atoms with Gasteiger partial charge in [-0.2, -0.15) is 0 Å². The van der Waals surface area contributed by atoms with E-state index in [0.717, 1.165) is 32.5 Å². The van der Waals surface area contributed by atoms with E-state index in [2.05, 4.69) is 60.8 Å². The highest BCUT2D eigenvalue weighted by atomic mass is 16.5. The van der Waals surface area contributed by atoms with Gasteiger partial charge in [-0.3, -0.25) is 4.79 Å². The number of carbonyl (C=O) groups is 1. The Morgan fingerprint density at radius 3 is 2.40 bits per heavy atom. The van der Waals surface area contributed by atoms with Crippen LogP contribution in [0, 0.1) is 6.92 Å². The summed E-state index contributed by atoms with van der Waals surface area (Å²) in [4.78, 5) is 12.4. The fraction of sp³-hybridized carbons (Fsp3) is 0.409. The van der Waals surface area contributed by atoms with Crippen molar-refractivity contribution in [2.75, 3.05) is 19.8 Å². The number of benzene rings is 2. The minimum atomic E-state index is -0.000963. The van der Waals surface area contributed by atoms with Gasteiger partial charge in [0.2, 0.25) is 5.91 Å². The van der Waals surface area contributed by atoms with Crippen molar-refractivity contribution in [2.45, 2.75) is 38.0 Å². The van der Waals surface area contributed by atoms with Crippen LogP contribution in [0.4, 0.5) is 0 Å². The van der Waals surface area contributed by atoms with Crippen molar-refractivity contribution in [3.8, 4) is 0 Å². The molecule has 3 nitrogen and oxygen atoms in total. The Hall–Kier alpha value is -2.13. The van der Waals surface area contributed by atoms with Crippen LogP contribution in [0.1, 0.15) is 36.0 Å². The normalized spacial score (nSPS) is 16.4. The zero-order chi connectivity index (χ0) is 17.5. The minimum absolute atomic E-state index is 0.000963. The van der Waals surface area contributed by atoms with Crippen molar-refractivity contribution in [1.82, 2.24) is 5.32 Å². The SMILES string of the molecule is Cc1ccc(CCC(=O)NCC2(c3ccccc3)CCOCC2)cc1. The molecule has 0 saturated carbocycles. The van der Waals surface area contributed by atoms with Crippen molar-refractivity contribution < 1.29 is 9.53 Å². The van der Waals surface area contributed by atoms with Gasteiger partial charge in [0, 0.05) is 31.6 Å². The Kier molecular flexibility index (Phi) is 5.87. The Bertz CT molecular complexity index is 673. The number of ether oxygens (including phenoxy) is 1. The summed E-state index contributed by atoms with van der Waals surface area (Å²) in [6, 6.07) is 18.9. The zero-order valence-electron chi connectivity index (χ0n) is 15.0. The fourth-order valence-corrected chi connectivity index (χ4v) is 3.49. The molecule has 132 valence electrons. The first kappa shape index (κ1) is 17.7. The van der Waals surface area contributed by atoms with Crippen molar-refractivity contribution in [3.05, 3.63) is 71.3 Å². The lowest BCUT2D eigenvalue weighted by Crippen LogP contribution is -2.44. The maximum atomic E-state index is 12.4. The number of nitrogens with one attached hydrogen (secondary N) is 1. The highest BCUT2D eigenvalue weighted by Crippen LogP contribution is 2.34. The molecule has 2 aromatic carbocycles. The predicted octanol–water partition coefficient (Wildman–Crippen LogP) is 3.79. The Morgan fingerprint density at radius 1 is 1.04 bits per heavy atom. The number of hydrogen-bond acceptors (Lipinski definition) is 2. The van der Waals surface area contributed by atoms with Crippen LogP contribution in [0.15, 0.2) is 54.6 Å². The van der Waals surface area contributed by atoms with Crippen molar-refractivity contribution in [1.29, 1.82) is 0 Å². The Balaban J connectivity index is 1.57. The molecule has 0 atom stereocenters. The molecule has 0 aromatic heterocycles. The van der Waals surface area contributed by atoms with Gasteiger partial charge in [0.1, 0.15) is 0 Å². The summed E-state index contributed by atoms with van der Waals surface area (Å²) in [6.45, 7) is 4.28. The van der Waals surface area contributed by atoms with E-state index in [4.69, 9.17) is 4.74 Å². The van der Waals surface area contributed by atoms with Gasteiger partial charge in [0.25, 0.3) is 0 Å². The van der Waals surface area contributed by atoms with E-state index < -0.39 is 0 Å². The third-order valence-electron chi connectivity index (χ3n) is 5.22. The van der Waals surface area contributed by atoms with Crippen molar-refractivity contribution in [2.24, 2.45) is 0 Å². The topological polar surface area (TPSA) is 38.3 Å². The lowest BCUT2D eigenvalue weighted by Gasteiger charge is -2.38.